The van der Waals surface area contributed by atoms with Crippen LogP contribution in [-0.4, -0.2) is 47.1 Å². The zero-order chi connectivity index (χ0) is 18.4. The Morgan fingerprint density at radius 1 is 0.958 bits per heavy atom. The van der Waals surface area contributed by atoms with Crippen molar-refractivity contribution < 1.29 is 19.8 Å². The summed E-state index contributed by atoms with van der Waals surface area (Å²) in [7, 11) is 0. The van der Waals surface area contributed by atoms with Crippen molar-refractivity contribution in [3.05, 3.63) is 54.1 Å². The Kier molecular flexibility index (Phi) is 7.07. The van der Waals surface area contributed by atoms with Gasteiger partial charge in [0.1, 0.15) is 12.1 Å². The van der Waals surface area contributed by atoms with Gasteiger partial charge in [0.2, 0.25) is 0 Å². The molecule has 1 aromatic carbocycles. The van der Waals surface area contributed by atoms with Gasteiger partial charge in [0.05, 0.1) is 13.2 Å². The summed E-state index contributed by atoms with van der Waals surface area (Å²) in [6, 6.07) is 5.15. The standard InChI is InChI=1S/C19H25NO4/c1-12(2)18(23)16(10-21)20(15-8-6-14(5)7-9-15)17(11-22)19(24)13(3)4/h6-9,16-17,21-22H,1,3,10-11H2,2,4-5H3. The average Bonchev–Trinajstić information content (AvgIpc) is 2.55. The van der Waals surface area contributed by atoms with Gasteiger partial charge in [-0.15, -0.1) is 0 Å². The van der Waals surface area contributed by atoms with E-state index >= 15 is 0 Å². The molecule has 130 valence electrons. The number of carbonyl (C=O) groups is 2. The van der Waals surface area contributed by atoms with Crippen LogP contribution in [0.4, 0.5) is 5.69 Å². The van der Waals surface area contributed by atoms with Gasteiger partial charge >= 0.3 is 0 Å². The fourth-order valence-electron chi connectivity index (χ4n) is 2.46. The highest BCUT2D eigenvalue weighted by molar-refractivity contribution is 6.05. The number of aryl methyl sites for hydroxylation is 1. The second-order valence-corrected chi connectivity index (χ2v) is 5.93. The normalized spacial score (nSPS) is 13.0. The Hall–Kier alpha value is -2.24. The van der Waals surface area contributed by atoms with E-state index in [0.29, 0.717) is 5.69 Å². The molecule has 0 saturated carbocycles. The third-order valence-electron chi connectivity index (χ3n) is 3.80. The van der Waals surface area contributed by atoms with Crippen LogP contribution in [0.25, 0.3) is 0 Å². The number of ketones is 2. The highest BCUT2D eigenvalue weighted by Gasteiger charge is 2.35. The second-order valence-electron chi connectivity index (χ2n) is 5.93. The number of rotatable bonds is 9. The Bertz CT molecular complexity index is 599. The number of hydrogen-bond acceptors (Lipinski definition) is 5. The minimum absolute atomic E-state index is 0.269. The van der Waals surface area contributed by atoms with E-state index < -0.39 is 25.3 Å². The molecular weight excluding hydrogens is 306 g/mol. The minimum Gasteiger partial charge on any atom is -0.394 e. The van der Waals surface area contributed by atoms with Crippen molar-refractivity contribution in [2.45, 2.75) is 32.9 Å². The minimum atomic E-state index is -1.01. The van der Waals surface area contributed by atoms with Crippen molar-refractivity contribution in [1.82, 2.24) is 0 Å². The van der Waals surface area contributed by atoms with Crippen molar-refractivity contribution in [2.75, 3.05) is 18.1 Å². The summed E-state index contributed by atoms with van der Waals surface area (Å²) < 4.78 is 0. The Balaban J connectivity index is 3.46. The largest absolute Gasteiger partial charge is 0.394 e. The molecule has 0 aliphatic carbocycles. The van der Waals surface area contributed by atoms with Gasteiger partial charge in [-0.2, -0.15) is 0 Å². The number of aliphatic hydroxyl groups is 2. The molecule has 0 saturated heterocycles. The number of benzene rings is 1. The molecule has 2 atom stereocenters. The molecule has 0 aromatic heterocycles. The van der Waals surface area contributed by atoms with Gasteiger partial charge < -0.3 is 15.1 Å². The third-order valence-corrected chi connectivity index (χ3v) is 3.80. The molecule has 0 aliphatic heterocycles. The lowest BCUT2D eigenvalue weighted by atomic mass is 9.98. The maximum absolute atomic E-state index is 12.5. The molecule has 5 heteroatoms. The van der Waals surface area contributed by atoms with Crippen LogP contribution >= 0.6 is 0 Å². The van der Waals surface area contributed by atoms with Crippen LogP contribution in [0.3, 0.4) is 0 Å². The van der Waals surface area contributed by atoms with Crippen LogP contribution in [0.15, 0.2) is 48.6 Å². The SMILES string of the molecule is C=C(C)C(=O)C(CO)N(c1ccc(C)cc1)C(CO)C(=O)C(=C)C. The molecule has 0 heterocycles. The van der Waals surface area contributed by atoms with Crippen molar-refractivity contribution in [1.29, 1.82) is 0 Å². The van der Waals surface area contributed by atoms with E-state index in [9.17, 15) is 19.8 Å². The van der Waals surface area contributed by atoms with E-state index in [1.165, 1.54) is 4.90 Å². The average molecular weight is 331 g/mol. The van der Waals surface area contributed by atoms with Gasteiger partial charge in [0.15, 0.2) is 11.6 Å². The summed E-state index contributed by atoms with van der Waals surface area (Å²) in [5.74, 6) is -0.767. The molecular formula is C19H25NO4. The van der Waals surface area contributed by atoms with E-state index in [1.807, 2.05) is 19.1 Å². The van der Waals surface area contributed by atoms with E-state index in [0.717, 1.165) is 5.56 Å². The molecule has 2 unspecified atom stereocenters. The van der Waals surface area contributed by atoms with Gasteiger partial charge in [-0.25, -0.2) is 0 Å². The summed E-state index contributed by atoms with van der Waals surface area (Å²) in [4.78, 5) is 26.4. The third kappa shape index (κ3) is 4.40. The van der Waals surface area contributed by atoms with Crippen molar-refractivity contribution in [3.8, 4) is 0 Å². The maximum Gasteiger partial charge on any atom is 0.182 e. The smallest absolute Gasteiger partial charge is 0.182 e. The molecule has 24 heavy (non-hydrogen) atoms. The number of aliphatic hydroxyl groups excluding tert-OH is 2. The van der Waals surface area contributed by atoms with Crippen LogP contribution in [0.1, 0.15) is 19.4 Å². The van der Waals surface area contributed by atoms with E-state index in [2.05, 4.69) is 13.2 Å². The molecule has 1 rings (SSSR count). The first-order valence-electron chi connectivity index (χ1n) is 7.70. The van der Waals surface area contributed by atoms with E-state index in [-0.39, 0.29) is 22.7 Å². The Labute approximate surface area is 142 Å². The number of carbonyl (C=O) groups excluding carboxylic acids is 2. The lowest BCUT2D eigenvalue weighted by Crippen LogP contribution is -2.54. The van der Waals surface area contributed by atoms with Gasteiger partial charge in [-0.3, -0.25) is 9.59 Å². The second kappa shape index (κ2) is 8.57. The first kappa shape index (κ1) is 19.8. The van der Waals surface area contributed by atoms with Crippen LogP contribution in [0, 0.1) is 6.92 Å². The monoisotopic (exact) mass is 331 g/mol. The lowest BCUT2D eigenvalue weighted by Gasteiger charge is -2.37. The number of anilines is 1. The van der Waals surface area contributed by atoms with Crippen LogP contribution in [0.5, 0.6) is 0 Å². The van der Waals surface area contributed by atoms with Crippen molar-refractivity contribution in [3.63, 3.8) is 0 Å². The first-order chi connectivity index (χ1) is 11.2. The number of Topliss-reactive ketones (excluding diaryl/α,β-unsaturated/α-hetero) is 2. The molecule has 0 spiro atoms. The van der Waals surface area contributed by atoms with Crippen molar-refractivity contribution in [2.24, 2.45) is 0 Å². The molecule has 0 bridgehead atoms. The van der Waals surface area contributed by atoms with Gasteiger partial charge in [-0.1, -0.05) is 30.9 Å². The van der Waals surface area contributed by atoms with Gasteiger partial charge in [0, 0.05) is 5.69 Å². The van der Waals surface area contributed by atoms with Gasteiger partial charge in [0.25, 0.3) is 0 Å². The highest BCUT2D eigenvalue weighted by Crippen LogP contribution is 2.24. The Morgan fingerprint density at radius 3 is 1.62 bits per heavy atom. The first-order valence-corrected chi connectivity index (χ1v) is 7.70. The van der Waals surface area contributed by atoms with Crippen LogP contribution < -0.4 is 4.90 Å². The lowest BCUT2D eigenvalue weighted by molar-refractivity contribution is -0.119. The summed E-state index contributed by atoms with van der Waals surface area (Å²) in [5, 5.41) is 19.6. The molecule has 0 amide bonds. The zero-order valence-electron chi connectivity index (χ0n) is 14.5. The molecule has 5 nitrogen and oxygen atoms in total. The van der Waals surface area contributed by atoms with Crippen LogP contribution in [0.2, 0.25) is 0 Å². The fourth-order valence-corrected chi connectivity index (χ4v) is 2.46. The summed E-state index contributed by atoms with van der Waals surface area (Å²) in [6.45, 7) is 11.3. The predicted molar refractivity (Wildman–Crippen MR) is 95.0 cm³/mol. The quantitative estimate of drug-likeness (QED) is 0.675. The highest BCUT2D eigenvalue weighted by atomic mass is 16.3. The zero-order valence-corrected chi connectivity index (χ0v) is 14.5. The van der Waals surface area contributed by atoms with Gasteiger partial charge in [-0.05, 0) is 44.1 Å². The molecule has 0 aliphatic rings. The molecule has 2 N–H and O–H groups in total. The van der Waals surface area contributed by atoms with E-state index in [1.54, 1.807) is 26.0 Å². The molecule has 0 radical (unpaired) electrons. The van der Waals surface area contributed by atoms with Crippen LogP contribution in [-0.2, 0) is 9.59 Å². The summed E-state index contributed by atoms with van der Waals surface area (Å²) in [5.41, 5.74) is 2.11. The topological polar surface area (TPSA) is 77.8 Å². The summed E-state index contributed by atoms with van der Waals surface area (Å²) in [6.07, 6.45) is 0. The maximum atomic E-state index is 12.5. The summed E-state index contributed by atoms with van der Waals surface area (Å²) >= 11 is 0. The molecule has 1 aromatic rings. The Morgan fingerprint density at radius 2 is 1.33 bits per heavy atom. The molecule has 0 fully saturated rings. The number of nitrogens with zero attached hydrogens (tertiary/aromatic N) is 1. The van der Waals surface area contributed by atoms with Crippen molar-refractivity contribution >= 4 is 17.3 Å². The predicted octanol–water partition coefficient (Wildman–Crippen LogP) is 1.81. The fraction of sp³-hybridized carbons (Fsp3) is 0.368. The number of hydrogen-bond donors (Lipinski definition) is 2. The van der Waals surface area contributed by atoms with E-state index in [4.69, 9.17) is 0 Å².